The topological polar surface area (TPSA) is 86.7 Å². The maximum Gasteiger partial charge on any atom is 1.00 e. The van der Waals surface area contributed by atoms with Gasteiger partial charge in [0.15, 0.2) is 0 Å². The van der Waals surface area contributed by atoms with Crippen molar-refractivity contribution in [2.75, 3.05) is 0 Å². The van der Waals surface area contributed by atoms with Crippen LogP contribution in [-0.4, -0.2) is 25.3 Å². The molecule has 0 atom stereocenters. The van der Waals surface area contributed by atoms with Gasteiger partial charge in [-0.05, 0) is 0 Å². The van der Waals surface area contributed by atoms with Gasteiger partial charge in [-0.25, -0.2) is 0 Å². The molecule has 7 nitrogen and oxygen atoms in total. The molecule has 8 heteroatoms. The van der Waals surface area contributed by atoms with E-state index in [-0.39, 0.29) is 29.6 Å². The van der Waals surface area contributed by atoms with E-state index in [1.54, 1.807) is 0 Å². The Balaban J connectivity index is 0.000000640. The van der Waals surface area contributed by atoms with Crippen LogP contribution in [0.25, 0.3) is 0 Å². The molecular weight excluding hydrogens is 137 g/mol. The zero-order chi connectivity index (χ0) is 5.98. The van der Waals surface area contributed by atoms with E-state index < -0.39 is 5.03 Å². The van der Waals surface area contributed by atoms with Crippen molar-refractivity contribution in [3.63, 3.8) is 0 Å². The molecule has 1 rings (SSSR count). The molecule has 1 aromatic rings. The summed E-state index contributed by atoms with van der Waals surface area (Å²) in [6, 6.07) is 0. The number of tetrazole rings is 1. The number of nitro groups is 1. The van der Waals surface area contributed by atoms with Crippen molar-refractivity contribution < 1.29 is 34.6 Å². The van der Waals surface area contributed by atoms with Gasteiger partial charge in [0, 0.05) is 0 Å². The van der Waals surface area contributed by atoms with Gasteiger partial charge in [0.1, 0.15) is 5.21 Å². The minimum Gasteiger partial charge on any atom is -0.339 e. The van der Waals surface area contributed by atoms with Crippen molar-refractivity contribution >= 4 is 0 Å². The molecule has 1 aromatic heterocycles. The van der Waals surface area contributed by atoms with Gasteiger partial charge in [0.05, 0.1) is 9.82 Å². The molecule has 0 aliphatic carbocycles. The molecule has 9 heavy (non-hydrogen) atoms. The fraction of sp³-hybridized carbons (Fsp3) is 0. The molecule has 0 aliphatic rings. The summed E-state index contributed by atoms with van der Waals surface area (Å²) in [5.74, 6) is 0. The maximum absolute atomic E-state index is 9.69. The first kappa shape index (κ1) is 8.47. The summed E-state index contributed by atoms with van der Waals surface area (Å²) in [6.07, 6.45) is 0.903. The number of rotatable bonds is 1. The van der Waals surface area contributed by atoms with Gasteiger partial charge in [0.2, 0.25) is 11.5 Å². The van der Waals surface area contributed by atoms with Crippen molar-refractivity contribution in [3.05, 3.63) is 16.4 Å². The normalized spacial score (nSPS) is 8.00. The monoisotopic (exact) mass is 138 g/mol. The minimum atomic E-state index is -0.736. The van der Waals surface area contributed by atoms with E-state index in [1.807, 2.05) is 0 Å². The zero-order valence-electron chi connectivity index (χ0n) is 4.63. The van der Waals surface area contributed by atoms with Gasteiger partial charge in [-0.15, -0.1) is 0 Å². The first-order chi connectivity index (χ1) is 3.80. The van der Waals surface area contributed by atoms with Crippen LogP contribution in [0.3, 0.4) is 0 Å². The molecule has 42 valence electrons. The van der Waals surface area contributed by atoms with Crippen LogP contribution in [0.5, 0.6) is 0 Å². The first-order valence-corrected chi connectivity index (χ1v) is 1.68. The quantitative estimate of drug-likeness (QED) is 0.222. The van der Waals surface area contributed by atoms with Crippen LogP contribution in [0.1, 0.15) is 0 Å². The second-order valence-corrected chi connectivity index (χ2v) is 0.968. The van der Waals surface area contributed by atoms with E-state index in [0.717, 1.165) is 6.33 Å². The predicted molar refractivity (Wildman–Crippen MR) is 20.2 cm³/mol. The fourth-order valence-corrected chi connectivity index (χ4v) is 0.231. The van der Waals surface area contributed by atoms with Crippen LogP contribution in [-0.2, 0) is 0 Å². The van der Waals surface area contributed by atoms with Crippen LogP contribution >= 0.6 is 0 Å². The van der Waals surface area contributed by atoms with Gasteiger partial charge in [-0.2, -0.15) is 0 Å². The Labute approximate surface area is 71.5 Å². The first-order valence-electron chi connectivity index (χ1n) is 1.68. The summed E-state index contributed by atoms with van der Waals surface area (Å²) in [5.41, 5.74) is 0. The predicted octanol–water partition coefficient (Wildman–Crippen LogP) is -4.28. The number of aromatic nitrogens is 4. The van der Waals surface area contributed by atoms with Crippen molar-refractivity contribution in [1.82, 2.24) is 20.3 Å². The summed E-state index contributed by atoms with van der Waals surface area (Å²) in [6.45, 7) is 0. The minimum absolute atomic E-state index is 0. The number of hydrogen-bond acceptors (Lipinski definition) is 5. The Morgan fingerprint density at radius 1 is 1.67 bits per heavy atom. The third kappa shape index (κ3) is 2.04. The van der Waals surface area contributed by atoms with Crippen LogP contribution < -0.4 is 29.6 Å². The molecule has 0 amide bonds. The summed E-state index contributed by atoms with van der Waals surface area (Å²) in [4.78, 5) is 10.1. The van der Waals surface area contributed by atoms with E-state index >= 15 is 0 Å². The molecule has 0 aliphatic heterocycles. The van der Waals surface area contributed by atoms with Gasteiger partial charge in [0.25, 0.3) is 0 Å². The second kappa shape index (κ2) is 3.49. The van der Waals surface area contributed by atoms with Crippen LogP contribution in [0.15, 0.2) is 6.33 Å². The number of hydrogen-bond donors (Lipinski definition) is 0. The van der Waals surface area contributed by atoms with Gasteiger partial charge in [-0.3, -0.25) is 0 Å². The average molecular weight is 138 g/mol. The Morgan fingerprint density at radius 2 is 2.33 bits per heavy atom. The Kier molecular flexibility index (Phi) is 3.28. The SMILES string of the molecule is O=[N+]([O-])n1cnnn1.[Na+]. The van der Waals surface area contributed by atoms with E-state index in [1.165, 1.54) is 0 Å². The molecule has 1 heterocycles. The second-order valence-electron chi connectivity index (χ2n) is 0.968. The molecule has 0 unspecified atom stereocenters. The third-order valence-corrected chi connectivity index (χ3v) is 0.506. The van der Waals surface area contributed by atoms with Crippen molar-refractivity contribution in [3.8, 4) is 0 Å². The molecule has 0 aromatic carbocycles. The Morgan fingerprint density at radius 3 is 2.56 bits per heavy atom. The molecule has 0 radical (unpaired) electrons. The van der Waals surface area contributed by atoms with Crippen molar-refractivity contribution in [1.29, 1.82) is 0 Å². The molecule has 0 fully saturated rings. The molecule has 0 bridgehead atoms. The van der Waals surface area contributed by atoms with Crippen LogP contribution in [0.4, 0.5) is 0 Å². The Bertz CT molecular complexity index is 183. The van der Waals surface area contributed by atoms with Crippen molar-refractivity contribution in [2.45, 2.75) is 0 Å². The standard InChI is InChI=1S/CHN5O2.Na/c7-6(8)5-1-2-3-4-5;/h1H;/q;+1. The van der Waals surface area contributed by atoms with E-state index in [4.69, 9.17) is 0 Å². The summed E-state index contributed by atoms with van der Waals surface area (Å²) in [7, 11) is 0. The maximum atomic E-state index is 9.69. The smallest absolute Gasteiger partial charge is 0.339 e. The van der Waals surface area contributed by atoms with E-state index in [9.17, 15) is 10.1 Å². The van der Waals surface area contributed by atoms with E-state index in [2.05, 4.69) is 15.5 Å². The van der Waals surface area contributed by atoms with Crippen LogP contribution in [0, 0.1) is 10.1 Å². The van der Waals surface area contributed by atoms with Crippen molar-refractivity contribution in [2.24, 2.45) is 0 Å². The molecule has 0 saturated heterocycles. The molecule has 0 saturated carbocycles. The summed E-state index contributed by atoms with van der Waals surface area (Å²) < 4.78 is 0. The average Bonchev–Trinajstić information content (AvgIpc) is 2.12. The largest absolute Gasteiger partial charge is 1.00 e. The molecular formula is CHN5NaO2+. The molecule has 0 spiro atoms. The summed E-state index contributed by atoms with van der Waals surface area (Å²) in [5, 5.41) is 18.0. The van der Waals surface area contributed by atoms with Gasteiger partial charge >= 0.3 is 29.6 Å². The van der Waals surface area contributed by atoms with Gasteiger partial charge in [-0.1, -0.05) is 5.10 Å². The van der Waals surface area contributed by atoms with Crippen LogP contribution in [0.2, 0.25) is 0 Å². The third-order valence-electron chi connectivity index (χ3n) is 0.506. The summed E-state index contributed by atoms with van der Waals surface area (Å²) >= 11 is 0. The fourth-order valence-electron chi connectivity index (χ4n) is 0.231. The Hall–Kier alpha value is -0.530. The van der Waals surface area contributed by atoms with Gasteiger partial charge < -0.3 is 10.1 Å². The zero-order valence-corrected chi connectivity index (χ0v) is 6.63. The van der Waals surface area contributed by atoms with E-state index in [0.29, 0.717) is 4.79 Å². The molecule has 0 N–H and O–H groups in total. The number of nitrogens with zero attached hydrogens (tertiary/aromatic N) is 5.